The Hall–Kier alpha value is -1.51. The summed E-state index contributed by atoms with van der Waals surface area (Å²) in [6.07, 6.45) is 4.42. The summed E-state index contributed by atoms with van der Waals surface area (Å²) in [5.74, 6) is 0.185. The zero-order chi connectivity index (χ0) is 23.2. The highest BCUT2D eigenvalue weighted by molar-refractivity contribution is 7.15. The number of hydrogen-bond acceptors (Lipinski definition) is 5. The number of likely N-dealkylation sites (N-methyl/N-ethyl adjacent to an activating group) is 1. The van der Waals surface area contributed by atoms with E-state index in [-0.39, 0.29) is 40.9 Å². The van der Waals surface area contributed by atoms with E-state index in [4.69, 9.17) is 4.98 Å². The molecule has 178 valence electrons. The zero-order valence-electron chi connectivity index (χ0n) is 20.1. The number of thiazole rings is 1. The van der Waals surface area contributed by atoms with Crippen LogP contribution in [0.3, 0.4) is 0 Å². The van der Waals surface area contributed by atoms with E-state index in [1.807, 2.05) is 25.9 Å². The molecule has 0 aromatic carbocycles. The maximum Gasteiger partial charge on any atom is 0.281 e. The minimum Gasteiger partial charge on any atom is -0.392 e. The van der Waals surface area contributed by atoms with E-state index in [0.717, 1.165) is 55.8 Å². The van der Waals surface area contributed by atoms with E-state index in [2.05, 4.69) is 19.2 Å². The van der Waals surface area contributed by atoms with E-state index in [0.29, 0.717) is 11.7 Å². The molecule has 1 aromatic rings. The second kappa shape index (κ2) is 9.03. The van der Waals surface area contributed by atoms with Gasteiger partial charge in [0, 0.05) is 29.8 Å². The van der Waals surface area contributed by atoms with Crippen molar-refractivity contribution in [3.63, 3.8) is 0 Å². The van der Waals surface area contributed by atoms with Crippen LogP contribution in [0.4, 0.5) is 5.13 Å². The first-order chi connectivity index (χ1) is 15.1. The first kappa shape index (κ1) is 23.6. The monoisotopic (exact) mass is 463 g/mol. The summed E-state index contributed by atoms with van der Waals surface area (Å²) in [5.41, 5.74) is 1.00. The highest BCUT2D eigenvalue weighted by Crippen LogP contribution is 2.57. The number of fused-ring (bicyclic) bond motifs is 2. The molecule has 7 nitrogen and oxygen atoms in total. The molecule has 2 fully saturated rings. The minimum absolute atomic E-state index is 0.00829. The number of carbonyl (C=O) groups excluding carboxylic acids is 2. The number of carbonyl (C=O) groups is 2. The van der Waals surface area contributed by atoms with Gasteiger partial charge in [-0.2, -0.15) is 0 Å². The molecule has 32 heavy (non-hydrogen) atoms. The largest absolute Gasteiger partial charge is 0.392 e. The Morgan fingerprint density at radius 1 is 1.34 bits per heavy atom. The van der Waals surface area contributed by atoms with Crippen LogP contribution in [0.5, 0.6) is 0 Å². The Bertz CT molecular complexity index is 865. The lowest BCUT2D eigenvalue weighted by atomic mass is 9.53. The van der Waals surface area contributed by atoms with Crippen LogP contribution in [0.25, 0.3) is 0 Å². The zero-order valence-corrected chi connectivity index (χ0v) is 20.9. The maximum atomic E-state index is 13.1. The van der Waals surface area contributed by atoms with Gasteiger partial charge in [0.15, 0.2) is 11.7 Å². The summed E-state index contributed by atoms with van der Waals surface area (Å²) < 4.78 is 0. The van der Waals surface area contributed by atoms with Crippen LogP contribution in [0.15, 0.2) is 0 Å². The normalized spacial score (nSPS) is 33.0. The van der Waals surface area contributed by atoms with Crippen molar-refractivity contribution in [2.24, 2.45) is 23.2 Å². The third-order valence-corrected chi connectivity index (χ3v) is 9.12. The second-order valence-electron chi connectivity index (χ2n) is 10.9. The number of nitrogens with one attached hydrogen (secondary N) is 2. The van der Waals surface area contributed by atoms with Gasteiger partial charge in [0.05, 0.1) is 25.9 Å². The van der Waals surface area contributed by atoms with Gasteiger partial charge in [0.25, 0.3) is 5.91 Å². The van der Waals surface area contributed by atoms with Gasteiger partial charge in [-0.1, -0.05) is 20.8 Å². The molecule has 3 N–H and O–H groups in total. The smallest absolute Gasteiger partial charge is 0.281 e. The van der Waals surface area contributed by atoms with Gasteiger partial charge in [-0.15, -0.1) is 11.3 Å². The number of hydrogen-bond donors (Lipinski definition) is 3. The van der Waals surface area contributed by atoms with Crippen LogP contribution in [0.1, 0.15) is 62.9 Å². The quantitative estimate of drug-likeness (QED) is 0.618. The van der Waals surface area contributed by atoms with Crippen LogP contribution in [-0.4, -0.2) is 66.6 Å². The number of rotatable bonds is 5. The summed E-state index contributed by atoms with van der Waals surface area (Å²) in [6, 6.07) is 0. The Labute approximate surface area is 195 Å². The molecular weight excluding hydrogens is 424 g/mol. The summed E-state index contributed by atoms with van der Waals surface area (Å²) in [7, 11) is 3.90. The Morgan fingerprint density at radius 2 is 2.03 bits per heavy atom. The van der Waals surface area contributed by atoms with Crippen LogP contribution >= 0.6 is 11.3 Å². The molecule has 2 amide bonds. The van der Waals surface area contributed by atoms with Gasteiger partial charge in [0.1, 0.15) is 0 Å². The van der Waals surface area contributed by atoms with Crippen LogP contribution in [-0.2, 0) is 16.0 Å². The molecular formula is C24H39N4O3S+. The molecule has 3 aliphatic rings. The number of likely N-dealkylation sites (tertiary alicyclic amines) is 1. The van der Waals surface area contributed by atoms with Crippen molar-refractivity contribution >= 4 is 28.3 Å². The molecule has 0 bridgehead atoms. The molecule has 8 heteroatoms. The van der Waals surface area contributed by atoms with Crippen molar-refractivity contribution in [1.29, 1.82) is 0 Å². The topological polar surface area (TPSA) is 87.0 Å². The third-order valence-electron chi connectivity index (χ3n) is 8.13. The highest BCUT2D eigenvalue weighted by Gasteiger charge is 2.54. The van der Waals surface area contributed by atoms with Crippen molar-refractivity contribution in [3.8, 4) is 0 Å². The number of aromatic nitrogens is 1. The third kappa shape index (κ3) is 4.33. The average Bonchev–Trinajstić information content (AvgIpc) is 3.36. The second-order valence-corrected chi connectivity index (χ2v) is 12.0. The number of anilines is 1. The molecule has 1 saturated carbocycles. The average molecular weight is 464 g/mol. The van der Waals surface area contributed by atoms with Crippen molar-refractivity contribution < 1.29 is 19.6 Å². The van der Waals surface area contributed by atoms with Crippen molar-refractivity contribution in [3.05, 3.63) is 10.6 Å². The first-order valence-electron chi connectivity index (χ1n) is 12.2. The number of nitrogens with zero attached hydrogens (tertiary/aromatic N) is 2. The van der Waals surface area contributed by atoms with Crippen LogP contribution in [0.2, 0.25) is 0 Å². The molecule has 6 atom stereocenters. The Kier molecular flexibility index (Phi) is 6.67. The number of amides is 2. The predicted molar refractivity (Wildman–Crippen MR) is 126 cm³/mol. The molecule has 1 aliphatic heterocycles. The SMILES string of the molecule is C[C@H](C(=O)N1CCCC1)[C@H]1CC[C@]2(C)Cc3sc(NC(=O)C[NH+](C)C)nc3[C@@H](C)[C@@H]2[C@H]1O. The van der Waals surface area contributed by atoms with Crippen LogP contribution in [0, 0.1) is 23.2 Å². The molecule has 1 aromatic heterocycles. The Balaban J connectivity index is 1.53. The number of aliphatic hydroxyl groups excluding tert-OH is 1. The van der Waals surface area contributed by atoms with Gasteiger partial charge in [-0.05, 0) is 49.4 Å². The maximum absolute atomic E-state index is 13.1. The van der Waals surface area contributed by atoms with Gasteiger partial charge in [-0.3, -0.25) is 14.9 Å². The standard InChI is InChI=1S/C24H38N4O3S/c1-14(22(31)28-10-6-7-11-28)16-8-9-24(3)12-17-20(15(2)19(24)21(16)30)26-23(32-17)25-18(29)13-27(4)5/h14-16,19,21,30H,6-13H2,1-5H3,(H,25,26,29)/p+1/t14-,15-,16+,19+,21-,24+/m0/s1. The fourth-order valence-corrected chi connectivity index (χ4v) is 7.77. The lowest BCUT2D eigenvalue weighted by Crippen LogP contribution is -3.06. The molecule has 4 rings (SSSR count). The number of aliphatic hydroxyl groups is 1. The van der Waals surface area contributed by atoms with E-state index < -0.39 is 6.10 Å². The first-order valence-corrected chi connectivity index (χ1v) is 13.0. The molecule has 2 heterocycles. The minimum atomic E-state index is -0.518. The van der Waals surface area contributed by atoms with E-state index in [9.17, 15) is 14.7 Å². The van der Waals surface area contributed by atoms with Crippen molar-refractivity contribution in [1.82, 2.24) is 9.88 Å². The van der Waals surface area contributed by atoms with Gasteiger partial charge in [0.2, 0.25) is 5.91 Å². The van der Waals surface area contributed by atoms with Crippen molar-refractivity contribution in [2.75, 3.05) is 39.0 Å². The fraction of sp³-hybridized carbons (Fsp3) is 0.792. The summed E-state index contributed by atoms with van der Waals surface area (Å²) in [6.45, 7) is 8.58. The summed E-state index contributed by atoms with van der Waals surface area (Å²) >= 11 is 1.58. The van der Waals surface area contributed by atoms with Crippen LogP contribution < -0.4 is 10.2 Å². The Morgan fingerprint density at radius 3 is 2.69 bits per heavy atom. The van der Waals surface area contributed by atoms with Gasteiger partial charge in [-0.25, -0.2) is 4.98 Å². The lowest BCUT2D eigenvalue weighted by molar-refractivity contribution is -0.849. The fourth-order valence-electron chi connectivity index (χ4n) is 6.49. The molecule has 0 spiro atoms. The lowest BCUT2D eigenvalue weighted by Gasteiger charge is -2.53. The molecule has 1 saturated heterocycles. The van der Waals surface area contributed by atoms with Gasteiger partial charge >= 0.3 is 0 Å². The molecule has 0 unspecified atom stereocenters. The molecule has 0 radical (unpaired) electrons. The van der Waals surface area contributed by atoms with E-state index in [1.165, 1.54) is 4.88 Å². The summed E-state index contributed by atoms with van der Waals surface area (Å²) in [4.78, 5) is 34.4. The summed E-state index contributed by atoms with van der Waals surface area (Å²) in [5, 5.41) is 15.2. The van der Waals surface area contributed by atoms with E-state index >= 15 is 0 Å². The highest BCUT2D eigenvalue weighted by atomic mass is 32.1. The predicted octanol–water partition coefficient (Wildman–Crippen LogP) is 1.54. The number of quaternary nitrogens is 1. The molecule has 2 aliphatic carbocycles. The van der Waals surface area contributed by atoms with Crippen molar-refractivity contribution in [2.45, 2.75) is 64.9 Å². The van der Waals surface area contributed by atoms with E-state index in [1.54, 1.807) is 11.3 Å². The van der Waals surface area contributed by atoms with Gasteiger partial charge < -0.3 is 14.9 Å².